The van der Waals surface area contributed by atoms with Crippen molar-refractivity contribution in [1.29, 1.82) is 0 Å². The molecule has 1 aromatic rings. The molecule has 1 aromatic heterocycles. The first-order chi connectivity index (χ1) is 10.8. The Bertz CT molecular complexity index is 475. The summed E-state index contributed by atoms with van der Waals surface area (Å²) in [6.45, 7) is 9.83. The summed E-state index contributed by atoms with van der Waals surface area (Å²) >= 11 is 0. The topological polar surface area (TPSA) is 43.8 Å². The van der Waals surface area contributed by atoms with Crippen LogP contribution in [0.2, 0.25) is 0 Å². The van der Waals surface area contributed by atoms with Gasteiger partial charge in [0.05, 0.1) is 0 Å². The number of aliphatic imine (C=N–C) groups is 1. The molecule has 0 bridgehead atoms. The van der Waals surface area contributed by atoms with E-state index < -0.39 is 0 Å². The minimum Gasteiger partial charge on any atom is -0.357 e. The van der Waals surface area contributed by atoms with Crippen LogP contribution in [0.25, 0.3) is 0 Å². The average Bonchev–Trinajstić information content (AvgIpc) is 2.59. The number of hydrogen-bond donors (Lipinski definition) is 1. The van der Waals surface area contributed by atoms with Crippen LogP contribution >= 0.6 is 0 Å². The highest BCUT2D eigenvalue weighted by molar-refractivity contribution is 5.80. The molecule has 1 fully saturated rings. The van der Waals surface area contributed by atoms with Gasteiger partial charge >= 0.3 is 0 Å². The Kier molecular flexibility index (Phi) is 6.74. The maximum atomic E-state index is 4.72. The van der Waals surface area contributed by atoms with Gasteiger partial charge in [0.25, 0.3) is 0 Å². The SMILES string of the molecule is CC=CCCN=C(NCC)N1CCN(c2ccccn2)CC1. The van der Waals surface area contributed by atoms with Gasteiger partial charge in [-0.2, -0.15) is 0 Å². The molecule has 0 unspecified atom stereocenters. The van der Waals surface area contributed by atoms with Crippen LogP contribution in [-0.4, -0.2) is 55.1 Å². The molecule has 1 saturated heterocycles. The Morgan fingerprint density at radius 3 is 2.77 bits per heavy atom. The van der Waals surface area contributed by atoms with E-state index in [0.717, 1.165) is 57.5 Å². The van der Waals surface area contributed by atoms with Gasteiger partial charge < -0.3 is 15.1 Å². The molecule has 5 nitrogen and oxygen atoms in total. The molecule has 0 atom stereocenters. The second kappa shape index (κ2) is 9.07. The second-order valence-corrected chi connectivity index (χ2v) is 5.26. The van der Waals surface area contributed by atoms with E-state index in [9.17, 15) is 0 Å². The summed E-state index contributed by atoms with van der Waals surface area (Å²) in [5, 5.41) is 3.40. The molecule has 0 saturated carbocycles. The third-order valence-electron chi connectivity index (χ3n) is 3.68. The Balaban J connectivity index is 1.89. The number of nitrogens with one attached hydrogen (secondary N) is 1. The largest absolute Gasteiger partial charge is 0.357 e. The third kappa shape index (κ3) is 4.76. The second-order valence-electron chi connectivity index (χ2n) is 5.26. The van der Waals surface area contributed by atoms with E-state index in [2.05, 4.69) is 45.2 Å². The summed E-state index contributed by atoms with van der Waals surface area (Å²) in [6, 6.07) is 6.08. The molecule has 1 aliphatic heterocycles. The van der Waals surface area contributed by atoms with Crippen molar-refractivity contribution in [2.24, 2.45) is 4.99 Å². The zero-order valence-electron chi connectivity index (χ0n) is 13.7. The number of rotatable bonds is 5. The van der Waals surface area contributed by atoms with Crippen molar-refractivity contribution in [3.05, 3.63) is 36.5 Å². The predicted molar refractivity (Wildman–Crippen MR) is 93.4 cm³/mol. The predicted octanol–water partition coefficient (Wildman–Crippen LogP) is 2.14. The number of hydrogen-bond acceptors (Lipinski definition) is 3. The van der Waals surface area contributed by atoms with Crippen LogP contribution in [0.1, 0.15) is 20.3 Å². The fraction of sp³-hybridized carbons (Fsp3) is 0.529. The van der Waals surface area contributed by atoms with Crippen molar-refractivity contribution < 1.29 is 0 Å². The lowest BCUT2D eigenvalue weighted by Gasteiger charge is -2.37. The van der Waals surface area contributed by atoms with Crippen LogP contribution in [0.5, 0.6) is 0 Å². The van der Waals surface area contributed by atoms with Crippen molar-refractivity contribution in [3.63, 3.8) is 0 Å². The van der Waals surface area contributed by atoms with E-state index in [1.807, 2.05) is 25.3 Å². The van der Waals surface area contributed by atoms with E-state index in [1.165, 1.54) is 0 Å². The molecular weight excluding hydrogens is 274 g/mol. The first-order valence-corrected chi connectivity index (χ1v) is 8.15. The summed E-state index contributed by atoms with van der Waals surface area (Å²) in [7, 11) is 0. The van der Waals surface area contributed by atoms with Gasteiger partial charge in [0.1, 0.15) is 5.82 Å². The van der Waals surface area contributed by atoms with Crippen molar-refractivity contribution in [3.8, 4) is 0 Å². The molecule has 5 heteroatoms. The molecule has 0 spiro atoms. The van der Waals surface area contributed by atoms with Crippen LogP contribution in [0.3, 0.4) is 0 Å². The number of aromatic nitrogens is 1. The van der Waals surface area contributed by atoms with Crippen LogP contribution < -0.4 is 10.2 Å². The zero-order chi connectivity index (χ0) is 15.6. The van der Waals surface area contributed by atoms with Crippen LogP contribution in [-0.2, 0) is 0 Å². The average molecular weight is 301 g/mol. The molecule has 0 aromatic carbocycles. The quantitative estimate of drug-likeness (QED) is 0.392. The number of pyridine rings is 1. The summed E-state index contributed by atoms with van der Waals surface area (Å²) in [4.78, 5) is 13.8. The lowest BCUT2D eigenvalue weighted by atomic mass is 10.3. The molecular formula is C17H27N5. The van der Waals surface area contributed by atoms with Gasteiger partial charge in [-0.25, -0.2) is 4.98 Å². The highest BCUT2D eigenvalue weighted by Crippen LogP contribution is 2.12. The maximum Gasteiger partial charge on any atom is 0.194 e. The minimum atomic E-state index is 0.840. The number of nitrogens with zero attached hydrogens (tertiary/aromatic N) is 4. The van der Waals surface area contributed by atoms with E-state index >= 15 is 0 Å². The number of guanidine groups is 1. The summed E-state index contributed by atoms with van der Waals surface area (Å²) in [6.07, 6.45) is 7.09. The van der Waals surface area contributed by atoms with Crippen LogP contribution in [0, 0.1) is 0 Å². The monoisotopic (exact) mass is 301 g/mol. The van der Waals surface area contributed by atoms with E-state index in [-0.39, 0.29) is 0 Å². The lowest BCUT2D eigenvalue weighted by molar-refractivity contribution is 0.371. The molecule has 0 amide bonds. The van der Waals surface area contributed by atoms with Crippen molar-refractivity contribution >= 4 is 11.8 Å². The highest BCUT2D eigenvalue weighted by atomic mass is 15.4. The van der Waals surface area contributed by atoms with Crippen molar-refractivity contribution in [1.82, 2.24) is 15.2 Å². The Morgan fingerprint density at radius 1 is 1.32 bits per heavy atom. The number of piperazine rings is 1. The fourth-order valence-electron chi connectivity index (χ4n) is 2.53. The van der Waals surface area contributed by atoms with E-state index in [1.54, 1.807) is 0 Å². The Hall–Kier alpha value is -2.04. The van der Waals surface area contributed by atoms with Gasteiger partial charge in [-0.1, -0.05) is 18.2 Å². The third-order valence-corrected chi connectivity index (χ3v) is 3.68. The van der Waals surface area contributed by atoms with E-state index in [4.69, 9.17) is 4.99 Å². The first kappa shape index (κ1) is 16.3. The molecule has 1 N–H and O–H groups in total. The molecule has 2 rings (SSSR count). The summed E-state index contributed by atoms with van der Waals surface area (Å²) < 4.78 is 0. The molecule has 1 aliphatic rings. The highest BCUT2D eigenvalue weighted by Gasteiger charge is 2.20. The van der Waals surface area contributed by atoms with Crippen LogP contribution in [0.4, 0.5) is 5.82 Å². The summed E-state index contributed by atoms with van der Waals surface area (Å²) in [5.74, 6) is 2.10. The Morgan fingerprint density at radius 2 is 2.14 bits per heavy atom. The standard InChI is InChI=1S/C17H27N5/c1-3-5-7-11-20-17(18-4-2)22-14-12-21(13-15-22)16-9-6-8-10-19-16/h3,5-6,8-10H,4,7,11-15H2,1-2H3,(H,18,20). The minimum absolute atomic E-state index is 0.840. The summed E-state index contributed by atoms with van der Waals surface area (Å²) in [5.41, 5.74) is 0. The molecule has 0 radical (unpaired) electrons. The van der Waals surface area contributed by atoms with Gasteiger partial charge in [-0.3, -0.25) is 4.99 Å². The number of allylic oxidation sites excluding steroid dienone is 1. The van der Waals surface area contributed by atoms with Gasteiger partial charge in [0.2, 0.25) is 0 Å². The molecule has 22 heavy (non-hydrogen) atoms. The number of anilines is 1. The normalized spacial score (nSPS) is 16.4. The van der Waals surface area contributed by atoms with E-state index in [0.29, 0.717) is 0 Å². The first-order valence-electron chi connectivity index (χ1n) is 8.15. The van der Waals surface area contributed by atoms with Crippen LogP contribution in [0.15, 0.2) is 41.5 Å². The van der Waals surface area contributed by atoms with Gasteiger partial charge in [0, 0.05) is 45.5 Å². The van der Waals surface area contributed by atoms with Gasteiger partial charge in [-0.05, 0) is 32.4 Å². The smallest absolute Gasteiger partial charge is 0.194 e. The fourth-order valence-corrected chi connectivity index (χ4v) is 2.53. The van der Waals surface area contributed by atoms with Crippen molar-refractivity contribution in [2.45, 2.75) is 20.3 Å². The lowest BCUT2D eigenvalue weighted by Crippen LogP contribution is -2.52. The molecule has 2 heterocycles. The van der Waals surface area contributed by atoms with Crippen molar-refractivity contribution in [2.75, 3.05) is 44.2 Å². The molecule has 0 aliphatic carbocycles. The molecule has 120 valence electrons. The zero-order valence-corrected chi connectivity index (χ0v) is 13.7. The Labute approximate surface area is 133 Å². The van der Waals surface area contributed by atoms with Gasteiger partial charge in [0.15, 0.2) is 5.96 Å². The van der Waals surface area contributed by atoms with Gasteiger partial charge in [-0.15, -0.1) is 0 Å². The maximum absolute atomic E-state index is 4.72.